The summed E-state index contributed by atoms with van der Waals surface area (Å²) in [7, 11) is 1.21. The molecule has 7 heteroatoms. The number of nitrogens with one attached hydrogen (secondary N) is 1. The van der Waals surface area contributed by atoms with Gasteiger partial charge in [-0.15, -0.1) is 0 Å². The van der Waals surface area contributed by atoms with Gasteiger partial charge in [0.1, 0.15) is 5.75 Å². The minimum Gasteiger partial charge on any atom is -0.478 e. The Morgan fingerprint density at radius 1 is 1.08 bits per heavy atom. The van der Waals surface area contributed by atoms with Crippen molar-refractivity contribution in [3.8, 4) is 5.75 Å². The molecular weight excluding hydrogens is 326 g/mol. The van der Waals surface area contributed by atoms with Crippen molar-refractivity contribution in [2.24, 2.45) is 0 Å². The van der Waals surface area contributed by atoms with Gasteiger partial charge in [0.2, 0.25) is 6.10 Å². The topological polar surface area (TPSA) is 102 Å². The molecule has 25 heavy (non-hydrogen) atoms. The average molecular weight is 343 g/mol. The van der Waals surface area contributed by atoms with Crippen molar-refractivity contribution in [2.45, 2.75) is 12.6 Å². The number of carboxylic acid groups (broad SMARTS) is 1. The first-order chi connectivity index (χ1) is 12.0. The fourth-order valence-corrected chi connectivity index (χ4v) is 2.05. The van der Waals surface area contributed by atoms with Gasteiger partial charge in [-0.2, -0.15) is 0 Å². The molecule has 0 aliphatic heterocycles. The molecule has 0 aromatic heterocycles. The number of hydrogen-bond donors (Lipinski definition) is 2. The SMILES string of the molecule is CO[C@H](C(=O)NCc1ccccc1)C(=O)Oc1cccc(C(=O)O)c1. The van der Waals surface area contributed by atoms with Gasteiger partial charge in [-0.05, 0) is 23.8 Å². The lowest BCUT2D eigenvalue weighted by Gasteiger charge is -2.14. The van der Waals surface area contributed by atoms with Crippen molar-refractivity contribution in [1.82, 2.24) is 5.32 Å². The number of benzene rings is 2. The van der Waals surface area contributed by atoms with Crippen LogP contribution in [0.25, 0.3) is 0 Å². The summed E-state index contributed by atoms with van der Waals surface area (Å²) in [5.41, 5.74) is 0.834. The van der Waals surface area contributed by atoms with E-state index in [9.17, 15) is 14.4 Å². The summed E-state index contributed by atoms with van der Waals surface area (Å²) >= 11 is 0. The number of esters is 1. The molecule has 130 valence electrons. The number of hydrogen-bond acceptors (Lipinski definition) is 5. The molecular formula is C18H17NO6. The molecule has 0 aliphatic carbocycles. The van der Waals surface area contributed by atoms with Crippen molar-refractivity contribution in [3.63, 3.8) is 0 Å². The molecule has 2 rings (SSSR count). The molecule has 0 radical (unpaired) electrons. The molecule has 1 amide bonds. The highest BCUT2D eigenvalue weighted by Gasteiger charge is 2.28. The van der Waals surface area contributed by atoms with Crippen molar-refractivity contribution in [3.05, 3.63) is 65.7 Å². The van der Waals surface area contributed by atoms with Crippen LogP contribution in [0.4, 0.5) is 0 Å². The molecule has 0 spiro atoms. The number of aromatic carboxylic acids is 1. The number of methoxy groups -OCH3 is 1. The molecule has 0 bridgehead atoms. The Morgan fingerprint density at radius 3 is 2.44 bits per heavy atom. The molecule has 0 fully saturated rings. The Labute approximate surface area is 144 Å². The largest absolute Gasteiger partial charge is 0.478 e. The first-order valence-corrected chi connectivity index (χ1v) is 7.40. The van der Waals surface area contributed by atoms with E-state index in [0.29, 0.717) is 0 Å². The maximum atomic E-state index is 12.1. The zero-order chi connectivity index (χ0) is 18.2. The highest BCUT2D eigenvalue weighted by Crippen LogP contribution is 2.14. The van der Waals surface area contributed by atoms with Crippen molar-refractivity contribution < 1.29 is 29.0 Å². The van der Waals surface area contributed by atoms with Gasteiger partial charge in [0.05, 0.1) is 5.56 Å². The van der Waals surface area contributed by atoms with Gasteiger partial charge < -0.3 is 19.9 Å². The van der Waals surface area contributed by atoms with Crippen molar-refractivity contribution >= 4 is 17.8 Å². The lowest BCUT2D eigenvalue weighted by atomic mass is 10.2. The number of rotatable bonds is 7. The number of ether oxygens (including phenoxy) is 2. The number of carbonyl (C=O) groups is 3. The quantitative estimate of drug-likeness (QED) is 0.450. The van der Waals surface area contributed by atoms with E-state index in [-0.39, 0.29) is 17.9 Å². The second-order valence-corrected chi connectivity index (χ2v) is 5.07. The number of carboxylic acids is 1. The van der Waals surface area contributed by atoms with Crippen LogP contribution in [0.1, 0.15) is 15.9 Å². The Hall–Kier alpha value is -3.19. The molecule has 0 aliphatic rings. The average Bonchev–Trinajstić information content (AvgIpc) is 2.61. The lowest BCUT2D eigenvalue weighted by Crippen LogP contribution is -2.42. The van der Waals surface area contributed by atoms with Crippen molar-refractivity contribution in [1.29, 1.82) is 0 Å². The maximum Gasteiger partial charge on any atom is 0.350 e. The standard InChI is InChI=1S/C18H17NO6/c1-24-15(16(20)19-11-12-6-3-2-4-7-12)18(23)25-14-9-5-8-13(10-14)17(21)22/h2-10,15H,11H2,1H3,(H,19,20)(H,21,22)/t15-/m1/s1. The Morgan fingerprint density at radius 2 is 1.80 bits per heavy atom. The first-order valence-electron chi connectivity index (χ1n) is 7.40. The van der Waals surface area contributed by atoms with Gasteiger partial charge in [0.15, 0.2) is 0 Å². The molecule has 0 saturated carbocycles. The number of amides is 1. The number of carbonyl (C=O) groups excluding carboxylic acids is 2. The van der Waals surface area contributed by atoms with E-state index in [1.807, 2.05) is 30.3 Å². The van der Waals surface area contributed by atoms with Crippen LogP contribution in [0, 0.1) is 0 Å². The van der Waals surface area contributed by atoms with Crippen LogP contribution in [-0.2, 0) is 20.9 Å². The van der Waals surface area contributed by atoms with E-state index < -0.39 is 23.9 Å². The normalized spacial score (nSPS) is 11.4. The highest BCUT2D eigenvalue weighted by atomic mass is 16.6. The van der Waals surface area contributed by atoms with Gasteiger partial charge >= 0.3 is 11.9 Å². The fraction of sp³-hybridized carbons (Fsp3) is 0.167. The maximum absolute atomic E-state index is 12.1. The van der Waals surface area contributed by atoms with Crippen LogP contribution < -0.4 is 10.1 Å². The van der Waals surface area contributed by atoms with Gasteiger partial charge in [-0.25, -0.2) is 9.59 Å². The Kier molecular flexibility index (Phi) is 6.25. The van der Waals surface area contributed by atoms with Crippen LogP contribution in [0.15, 0.2) is 54.6 Å². The van der Waals surface area contributed by atoms with E-state index in [0.717, 1.165) is 5.56 Å². The molecule has 7 nitrogen and oxygen atoms in total. The summed E-state index contributed by atoms with van der Waals surface area (Å²) in [5, 5.41) is 11.5. The zero-order valence-electron chi connectivity index (χ0n) is 13.5. The predicted octanol–water partition coefficient (Wildman–Crippen LogP) is 1.62. The molecule has 0 unspecified atom stereocenters. The monoisotopic (exact) mass is 343 g/mol. The van der Waals surface area contributed by atoms with E-state index in [1.54, 1.807) is 0 Å². The molecule has 0 heterocycles. The highest BCUT2D eigenvalue weighted by molar-refractivity contribution is 6.01. The van der Waals surface area contributed by atoms with Crippen LogP contribution in [0.3, 0.4) is 0 Å². The second-order valence-electron chi connectivity index (χ2n) is 5.07. The van der Waals surface area contributed by atoms with Crippen LogP contribution in [0.5, 0.6) is 5.75 Å². The molecule has 2 aromatic rings. The smallest absolute Gasteiger partial charge is 0.350 e. The van der Waals surface area contributed by atoms with E-state index >= 15 is 0 Å². The minimum absolute atomic E-state index is 0.0165. The van der Waals surface area contributed by atoms with Gasteiger partial charge in [0, 0.05) is 13.7 Å². The third kappa shape index (κ3) is 5.15. The van der Waals surface area contributed by atoms with Crippen LogP contribution >= 0.6 is 0 Å². The Bertz CT molecular complexity index is 759. The zero-order valence-corrected chi connectivity index (χ0v) is 13.5. The molecule has 1 atom stereocenters. The van der Waals surface area contributed by atoms with Crippen LogP contribution in [0.2, 0.25) is 0 Å². The van der Waals surface area contributed by atoms with E-state index in [4.69, 9.17) is 14.6 Å². The van der Waals surface area contributed by atoms with Gasteiger partial charge in [-0.3, -0.25) is 4.79 Å². The minimum atomic E-state index is -1.46. The molecule has 2 N–H and O–H groups in total. The summed E-state index contributed by atoms with van der Waals surface area (Å²) in [6.45, 7) is 0.237. The molecule has 2 aromatic carbocycles. The van der Waals surface area contributed by atoms with E-state index in [2.05, 4.69) is 5.32 Å². The first kappa shape index (κ1) is 18.2. The predicted molar refractivity (Wildman–Crippen MR) is 88.1 cm³/mol. The lowest BCUT2D eigenvalue weighted by molar-refractivity contribution is -0.152. The fourth-order valence-electron chi connectivity index (χ4n) is 2.05. The third-order valence-corrected chi connectivity index (χ3v) is 3.30. The van der Waals surface area contributed by atoms with Gasteiger partial charge in [-0.1, -0.05) is 36.4 Å². The van der Waals surface area contributed by atoms with Crippen LogP contribution in [-0.4, -0.2) is 36.2 Å². The summed E-state index contributed by atoms with van der Waals surface area (Å²) in [6, 6.07) is 14.6. The summed E-state index contributed by atoms with van der Waals surface area (Å²) < 4.78 is 9.95. The molecule has 0 saturated heterocycles. The second kappa shape index (κ2) is 8.60. The van der Waals surface area contributed by atoms with E-state index in [1.165, 1.54) is 31.4 Å². The summed E-state index contributed by atoms with van der Waals surface area (Å²) in [5.74, 6) is -2.72. The third-order valence-electron chi connectivity index (χ3n) is 3.30. The summed E-state index contributed by atoms with van der Waals surface area (Å²) in [6.07, 6.45) is -1.46. The Balaban J connectivity index is 1.99. The summed E-state index contributed by atoms with van der Waals surface area (Å²) in [4.78, 5) is 35.2. The van der Waals surface area contributed by atoms with Crippen molar-refractivity contribution in [2.75, 3.05) is 7.11 Å². The van der Waals surface area contributed by atoms with Gasteiger partial charge in [0.25, 0.3) is 5.91 Å².